The van der Waals surface area contributed by atoms with E-state index in [-0.39, 0.29) is 35.3 Å². The molecular weight excluding hydrogens is 330 g/mol. The van der Waals surface area contributed by atoms with Crippen LogP contribution in [0, 0.1) is 5.92 Å². The summed E-state index contributed by atoms with van der Waals surface area (Å²) >= 11 is 0. The van der Waals surface area contributed by atoms with Crippen molar-refractivity contribution in [3.05, 3.63) is 66.1 Å². The molecule has 4 rings (SSSR count). The molecule has 1 aromatic carbocycles. The van der Waals surface area contributed by atoms with Crippen molar-refractivity contribution in [2.45, 2.75) is 25.0 Å². The van der Waals surface area contributed by atoms with E-state index in [1.165, 1.54) is 18.5 Å². The highest BCUT2D eigenvalue weighted by molar-refractivity contribution is 5.96. The Morgan fingerprint density at radius 1 is 1.19 bits per heavy atom. The van der Waals surface area contributed by atoms with Gasteiger partial charge in [0.05, 0.1) is 29.4 Å². The maximum atomic E-state index is 12.7. The van der Waals surface area contributed by atoms with Crippen LogP contribution in [0.1, 0.15) is 34.8 Å². The van der Waals surface area contributed by atoms with Crippen molar-refractivity contribution in [3.63, 3.8) is 0 Å². The van der Waals surface area contributed by atoms with Gasteiger partial charge in [-0.1, -0.05) is 18.2 Å². The van der Waals surface area contributed by atoms with Crippen molar-refractivity contribution < 1.29 is 15.0 Å². The first-order chi connectivity index (χ1) is 12.6. The molecule has 1 aliphatic carbocycles. The molecule has 6 nitrogen and oxygen atoms in total. The smallest absolute Gasteiger partial charge is 0.255 e. The number of carbonyl (C=O) groups excluding carboxylic acids is 1. The summed E-state index contributed by atoms with van der Waals surface area (Å²) in [6.07, 6.45) is 5.40. The SMILES string of the molecule is O=C(N[C@H](c1cnc2ccccc2c1)C1CC(O)C1)c1ccncc1O. The highest BCUT2D eigenvalue weighted by Gasteiger charge is 2.36. The normalized spacial score (nSPS) is 20.3. The summed E-state index contributed by atoms with van der Waals surface area (Å²) in [7, 11) is 0. The summed E-state index contributed by atoms with van der Waals surface area (Å²) in [5.41, 5.74) is 1.96. The quantitative estimate of drug-likeness (QED) is 0.673. The predicted octanol–water partition coefficient (Wildman–Crippen LogP) is 2.58. The molecule has 3 N–H and O–H groups in total. The zero-order valence-corrected chi connectivity index (χ0v) is 14.0. The van der Waals surface area contributed by atoms with E-state index in [0.717, 1.165) is 16.5 Å². The third-order valence-electron chi connectivity index (χ3n) is 4.92. The number of fused-ring (bicyclic) bond motifs is 1. The fourth-order valence-electron chi connectivity index (χ4n) is 3.43. The summed E-state index contributed by atoms with van der Waals surface area (Å²) in [5, 5.41) is 23.6. The first-order valence-electron chi connectivity index (χ1n) is 8.58. The second kappa shape index (κ2) is 6.72. The molecule has 0 saturated heterocycles. The third kappa shape index (κ3) is 3.11. The van der Waals surface area contributed by atoms with Crippen molar-refractivity contribution in [2.24, 2.45) is 5.92 Å². The van der Waals surface area contributed by atoms with Gasteiger partial charge in [-0.3, -0.25) is 14.8 Å². The van der Waals surface area contributed by atoms with Crippen LogP contribution in [0.2, 0.25) is 0 Å². The van der Waals surface area contributed by atoms with Gasteiger partial charge < -0.3 is 15.5 Å². The Kier molecular flexibility index (Phi) is 4.26. The largest absolute Gasteiger partial charge is 0.505 e. The van der Waals surface area contributed by atoms with Crippen LogP contribution in [0.4, 0.5) is 0 Å². The number of nitrogens with zero attached hydrogens (tertiary/aromatic N) is 2. The van der Waals surface area contributed by atoms with Crippen molar-refractivity contribution in [1.29, 1.82) is 0 Å². The van der Waals surface area contributed by atoms with Gasteiger partial charge in [0.2, 0.25) is 0 Å². The summed E-state index contributed by atoms with van der Waals surface area (Å²) in [6.45, 7) is 0. The lowest BCUT2D eigenvalue weighted by Crippen LogP contribution is -2.41. The number of aromatic nitrogens is 2. The number of para-hydroxylation sites is 1. The van der Waals surface area contributed by atoms with Gasteiger partial charge in [-0.05, 0) is 42.5 Å². The minimum Gasteiger partial charge on any atom is -0.505 e. The molecule has 1 amide bonds. The zero-order valence-electron chi connectivity index (χ0n) is 14.0. The number of pyridine rings is 2. The van der Waals surface area contributed by atoms with Gasteiger partial charge >= 0.3 is 0 Å². The molecule has 0 spiro atoms. The minimum absolute atomic E-state index is 0.126. The molecule has 0 aliphatic heterocycles. The molecule has 2 aromatic heterocycles. The van der Waals surface area contributed by atoms with Gasteiger partial charge in [0.25, 0.3) is 5.91 Å². The van der Waals surface area contributed by atoms with Gasteiger partial charge in [0.1, 0.15) is 5.75 Å². The Hall–Kier alpha value is -2.99. The van der Waals surface area contributed by atoms with Gasteiger partial charge in [0.15, 0.2) is 0 Å². The second-order valence-corrected chi connectivity index (χ2v) is 6.69. The standard InChI is InChI=1S/C20H19N3O3/c24-15-8-13(9-15)19(23-20(26)16-5-6-21-11-18(16)25)14-7-12-3-1-2-4-17(12)22-10-14/h1-7,10-11,13,15,19,24-25H,8-9H2,(H,23,26)/t13?,15?,19-/m0/s1. The summed E-state index contributed by atoms with van der Waals surface area (Å²) < 4.78 is 0. The molecule has 2 heterocycles. The topological polar surface area (TPSA) is 95.3 Å². The predicted molar refractivity (Wildman–Crippen MR) is 96.6 cm³/mol. The van der Waals surface area contributed by atoms with Crippen LogP contribution in [-0.2, 0) is 0 Å². The number of amides is 1. The Balaban J connectivity index is 1.65. The molecule has 0 bridgehead atoms. The molecule has 26 heavy (non-hydrogen) atoms. The van der Waals surface area contributed by atoms with E-state index in [2.05, 4.69) is 15.3 Å². The zero-order chi connectivity index (χ0) is 18.1. The fourth-order valence-corrected chi connectivity index (χ4v) is 3.43. The van der Waals surface area contributed by atoms with Gasteiger partial charge in [-0.15, -0.1) is 0 Å². The van der Waals surface area contributed by atoms with Crippen LogP contribution < -0.4 is 5.32 Å². The average Bonchev–Trinajstić information content (AvgIpc) is 2.63. The summed E-state index contributed by atoms with van der Waals surface area (Å²) in [4.78, 5) is 20.9. The molecule has 3 aromatic rings. The van der Waals surface area contributed by atoms with Gasteiger partial charge in [-0.25, -0.2) is 0 Å². The van der Waals surface area contributed by atoms with Crippen molar-refractivity contribution >= 4 is 16.8 Å². The molecular formula is C20H19N3O3. The molecule has 0 radical (unpaired) electrons. The molecule has 6 heteroatoms. The molecule has 132 valence electrons. The Labute approximate surface area is 150 Å². The number of aliphatic hydroxyl groups is 1. The molecule has 1 saturated carbocycles. The Morgan fingerprint density at radius 2 is 2.00 bits per heavy atom. The molecule has 0 unspecified atom stereocenters. The maximum Gasteiger partial charge on any atom is 0.255 e. The van der Waals surface area contributed by atoms with E-state index >= 15 is 0 Å². The van der Waals surface area contributed by atoms with Crippen molar-refractivity contribution in [2.75, 3.05) is 0 Å². The number of hydrogen-bond donors (Lipinski definition) is 3. The number of aliphatic hydroxyl groups excluding tert-OH is 1. The number of benzene rings is 1. The van der Waals surface area contributed by atoms with E-state index in [1.807, 2.05) is 30.3 Å². The molecule has 1 fully saturated rings. The first-order valence-corrected chi connectivity index (χ1v) is 8.58. The Morgan fingerprint density at radius 3 is 2.77 bits per heavy atom. The van der Waals surface area contributed by atoms with E-state index in [1.54, 1.807) is 6.20 Å². The first kappa shape index (κ1) is 16.5. The summed E-state index contributed by atoms with van der Waals surface area (Å²) in [5.74, 6) is -0.403. The summed E-state index contributed by atoms with van der Waals surface area (Å²) in [6, 6.07) is 11.0. The Bertz CT molecular complexity index is 954. The number of rotatable bonds is 4. The molecule has 1 aliphatic rings. The van der Waals surface area contributed by atoms with Crippen LogP contribution in [-0.4, -0.2) is 32.2 Å². The van der Waals surface area contributed by atoms with Crippen molar-refractivity contribution in [3.8, 4) is 5.75 Å². The van der Waals surface area contributed by atoms with Crippen LogP contribution >= 0.6 is 0 Å². The number of aromatic hydroxyl groups is 1. The third-order valence-corrected chi connectivity index (χ3v) is 4.92. The van der Waals surface area contributed by atoms with E-state index < -0.39 is 0 Å². The van der Waals surface area contributed by atoms with Gasteiger partial charge in [-0.2, -0.15) is 0 Å². The number of nitrogens with one attached hydrogen (secondary N) is 1. The lowest BCUT2D eigenvalue weighted by molar-refractivity contribution is 0.0234. The monoisotopic (exact) mass is 349 g/mol. The van der Waals surface area contributed by atoms with Crippen LogP contribution in [0.25, 0.3) is 10.9 Å². The van der Waals surface area contributed by atoms with E-state index in [9.17, 15) is 15.0 Å². The second-order valence-electron chi connectivity index (χ2n) is 6.69. The number of carbonyl (C=O) groups is 1. The highest BCUT2D eigenvalue weighted by Crippen LogP contribution is 2.38. The fraction of sp³-hybridized carbons (Fsp3) is 0.250. The minimum atomic E-state index is -0.371. The van der Waals surface area contributed by atoms with Crippen molar-refractivity contribution in [1.82, 2.24) is 15.3 Å². The van der Waals surface area contributed by atoms with E-state index in [4.69, 9.17) is 0 Å². The van der Waals surface area contributed by atoms with Crippen LogP contribution in [0.15, 0.2) is 55.0 Å². The lowest BCUT2D eigenvalue weighted by atomic mass is 9.75. The van der Waals surface area contributed by atoms with Crippen LogP contribution in [0.3, 0.4) is 0 Å². The van der Waals surface area contributed by atoms with Gasteiger partial charge in [0, 0.05) is 17.8 Å². The molecule has 1 atom stereocenters. The maximum absolute atomic E-state index is 12.7. The van der Waals surface area contributed by atoms with Crippen LogP contribution in [0.5, 0.6) is 5.75 Å². The lowest BCUT2D eigenvalue weighted by Gasteiger charge is -2.38. The number of hydrogen-bond acceptors (Lipinski definition) is 5. The van der Waals surface area contributed by atoms with E-state index in [0.29, 0.717) is 12.8 Å². The highest BCUT2D eigenvalue weighted by atomic mass is 16.3. The average molecular weight is 349 g/mol.